The van der Waals surface area contributed by atoms with Gasteiger partial charge in [0.05, 0.1) is 49.8 Å². The van der Waals surface area contributed by atoms with E-state index in [0.717, 1.165) is 0 Å². The monoisotopic (exact) mass is 569 g/mol. The minimum atomic E-state index is 1.22. The Hall–Kier alpha value is -6.06. The van der Waals surface area contributed by atoms with Gasteiger partial charge in [0, 0.05) is 26.9 Å². The highest BCUT2D eigenvalue weighted by atomic mass is 15.1. The van der Waals surface area contributed by atoms with Crippen molar-refractivity contribution < 1.29 is 0 Å². The van der Waals surface area contributed by atoms with Crippen LogP contribution in [0.4, 0.5) is 0 Å². The van der Waals surface area contributed by atoms with Gasteiger partial charge in [0.15, 0.2) is 0 Å². The van der Waals surface area contributed by atoms with Crippen LogP contribution in [0.2, 0.25) is 0 Å². The Labute approximate surface area is 256 Å². The SMILES string of the molecule is c1ccc2cc3c(cc2c1)c1cccc2c1n3c1cccc3c1-n2c1cccc2c4c5ccccc5c5ccccc5c4n3c21. The Kier molecular flexibility index (Phi) is 3.76. The van der Waals surface area contributed by atoms with E-state index >= 15 is 0 Å². The number of hydrogen-bond acceptors (Lipinski definition) is 0. The number of nitrogens with zero attached hydrogens (tertiary/aromatic N) is 3. The van der Waals surface area contributed by atoms with Crippen LogP contribution in [0.25, 0.3) is 104 Å². The fourth-order valence-electron chi connectivity index (χ4n) is 8.77. The molecule has 0 radical (unpaired) electrons. The maximum atomic E-state index is 2.57. The minimum absolute atomic E-state index is 1.22. The molecule has 45 heavy (non-hydrogen) atoms. The van der Waals surface area contributed by atoms with Crippen LogP contribution in [0.3, 0.4) is 0 Å². The first-order valence-electron chi connectivity index (χ1n) is 15.6. The molecule has 8 aromatic carbocycles. The summed E-state index contributed by atoms with van der Waals surface area (Å²) >= 11 is 0. The summed E-state index contributed by atoms with van der Waals surface area (Å²) in [5.41, 5.74) is 11.2. The highest BCUT2D eigenvalue weighted by Gasteiger charge is 2.27. The molecular weight excluding hydrogens is 546 g/mol. The van der Waals surface area contributed by atoms with Crippen molar-refractivity contribution in [3.05, 3.63) is 140 Å². The van der Waals surface area contributed by atoms with E-state index < -0.39 is 0 Å². The molecular formula is C42H23N3. The van der Waals surface area contributed by atoms with Gasteiger partial charge < -0.3 is 13.4 Å². The molecule has 0 fully saturated rings. The predicted octanol–water partition coefficient (Wildman–Crippen LogP) is 11.1. The van der Waals surface area contributed by atoms with E-state index in [2.05, 4.69) is 153 Å². The lowest BCUT2D eigenvalue weighted by molar-refractivity contribution is 1.11. The summed E-state index contributed by atoms with van der Waals surface area (Å²) in [6.07, 6.45) is 0. The number of fused-ring (bicyclic) bond motifs is 16. The van der Waals surface area contributed by atoms with Gasteiger partial charge in [0.1, 0.15) is 0 Å². The second kappa shape index (κ2) is 7.53. The predicted molar refractivity (Wildman–Crippen MR) is 190 cm³/mol. The third-order valence-electron chi connectivity index (χ3n) is 10.5. The van der Waals surface area contributed by atoms with Crippen LogP contribution < -0.4 is 0 Å². The van der Waals surface area contributed by atoms with E-state index in [1.807, 2.05) is 0 Å². The van der Waals surface area contributed by atoms with Crippen molar-refractivity contribution in [2.75, 3.05) is 0 Å². The van der Waals surface area contributed by atoms with Gasteiger partial charge in [0.25, 0.3) is 0 Å². The maximum Gasteiger partial charge on any atom is 0.0947 e. The summed E-state index contributed by atoms with van der Waals surface area (Å²) in [5, 5.41) is 12.9. The van der Waals surface area contributed by atoms with E-state index in [1.165, 1.54) is 104 Å². The lowest BCUT2D eigenvalue weighted by Gasteiger charge is -2.24. The summed E-state index contributed by atoms with van der Waals surface area (Å²) in [4.78, 5) is 0. The molecule has 3 nitrogen and oxygen atoms in total. The zero-order chi connectivity index (χ0) is 29.0. The van der Waals surface area contributed by atoms with Gasteiger partial charge in [-0.05, 0) is 63.3 Å². The van der Waals surface area contributed by atoms with Gasteiger partial charge in [-0.1, -0.05) is 103 Å². The Morgan fingerprint density at radius 3 is 1.60 bits per heavy atom. The van der Waals surface area contributed by atoms with Crippen molar-refractivity contribution in [2.45, 2.75) is 0 Å². The van der Waals surface area contributed by atoms with Crippen molar-refractivity contribution in [1.29, 1.82) is 0 Å². The standard InChI is InChI=1S/C42H23N3/c1-2-11-25-23-37-32(22-24(25)10-1)30-16-7-18-33-39(30)44(37)35-20-9-21-36-42(35)43(33)34-19-8-17-31-38-28-14-5-3-12-26(28)27-13-4-6-15-29(27)41(38)45(36)40(31)34/h1-23H. The van der Waals surface area contributed by atoms with Gasteiger partial charge in [-0.2, -0.15) is 0 Å². The molecule has 2 aliphatic heterocycles. The molecule has 2 aliphatic rings. The topological polar surface area (TPSA) is 13.8 Å². The zero-order valence-corrected chi connectivity index (χ0v) is 24.1. The van der Waals surface area contributed by atoms with Crippen molar-refractivity contribution in [3.8, 4) is 5.69 Å². The zero-order valence-electron chi connectivity index (χ0n) is 24.1. The Balaban J connectivity index is 1.46. The number of para-hydroxylation sites is 3. The first kappa shape index (κ1) is 22.5. The van der Waals surface area contributed by atoms with E-state index in [-0.39, 0.29) is 0 Å². The lowest BCUT2D eigenvalue weighted by atomic mass is 9.97. The number of rotatable bonds is 0. The first-order valence-corrected chi connectivity index (χ1v) is 15.6. The fraction of sp³-hybridized carbons (Fsp3) is 0. The van der Waals surface area contributed by atoms with Crippen LogP contribution in [0.1, 0.15) is 0 Å². The molecule has 0 saturated heterocycles. The van der Waals surface area contributed by atoms with Crippen LogP contribution in [-0.4, -0.2) is 13.4 Å². The average molecular weight is 570 g/mol. The normalized spacial score (nSPS) is 12.9. The summed E-state index contributed by atoms with van der Waals surface area (Å²) in [6, 6.07) is 51.9. The van der Waals surface area contributed by atoms with Crippen LogP contribution in [-0.2, 0) is 0 Å². The smallest absolute Gasteiger partial charge is 0.0947 e. The molecule has 206 valence electrons. The molecule has 0 aliphatic carbocycles. The molecule has 0 spiro atoms. The van der Waals surface area contributed by atoms with E-state index in [1.54, 1.807) is 0 Å². The van der Waals surface area contributed by atoms with Crippen LogP contribution in [0.5, 0.6) is 0 Å². The van der Waals surface area contributed by atoms with Gasteiger partial charge in [-0.15, -0.1) is 0 Å². The second-order valence-electron chi connectivity index (χ2n) is 12.5. The summed E-state index contributed by atoms with van der Waals surface area (Å²) in [7, 11) is 0. The third-order valence-corrected chi connectivity index (χ3v) is 10.5. The minimum Gasteiger partial charge on any atom is -0.305 e. The molecule has 3 heteroatoms. The molecule has 0 amide bonds. The maximum absolute atomic E-state index is 2.57. The van der Waals surface area contributed by atoms with Crippen molar-refractivity contribution >= 4 is 98.0 Å². The van der Waals surface area contributed by atoms with Gasteiger partial charge >= 0.3 is 0 Å². The third kappa shape index (κ3) is 2.47. The molecule has 12 rings (SSSR count). The van der Waals surface area contributed by atoms with Crippen molar-refractivity contribution in [3.63, 3.8) is 0 Å². The van der Waals surface area contributed by atoms with E-state index in [4.69, 9.17) is 0 Å². The Morgan fingerprint density at radius 1 is 0.311 bits per heavy atom. The van der Waals surface area contributed by atoms with Gasteiger partial charge in [-0.3, -0.25) is 0 Å². The lowest BCUT2D eigenvalue weighted by Crippen LogP contribution is -2.10. The number of benzene rings is 8. The van der Waals surface area contributed by atoms with Gasteiger partial charge in [-0.25, -0.2) is 0 Å². The number of hydrogen-bond donors (Lipinski definition) is 0. The Bertz CT molecular complexity index is 3200. The number of aromatic nitrogens is 3. The summed E-state index contributed by atoms with van der Waals surface area (Å²) < 4.78 is 7.62. The molecule has 2 aromatic heterocycles. The first-order chi connectivity index (χ1) is 22.4. The largest absolute Gasteiger partial charge is 0.305 e. The summed E-state index contributed by atoms with van der Waals surface area (Å²) in [5.74, 6) is 0. The molecule has 0 atom stereocenters. The fourth-order valence-corrected chi connectivity index (χ4v) is 8.77. The van der Waals surface area contributed by atoms with Crippen LogP contribution >= 0.6 is 0 Å². The Morgan fingerprint density at radius 2 is 0.822 bits per heavy atom. The van der Waals surface area contributed by atoms with Crippen LogP contribution in [0.15, 0.2) is 140 Å². The molecule has 0 bridgehead atoms. The van der Waals surface area contributed by atoms with Crippen LogP contribution in [0, 0.1) is 0 Å². The molecule has 4 heterocycles. The average Bonchev–Trinajstić information content (AvgIpc) is 3.62. The molecule has 0 unspecified atom stereocenters. The molecule has 0 saturated carbocycles. The highest BCUT2D eigenvalue weighted by molar-refractivity contribution is 6.34. The highest BCUT2D eigenvalue weighted by Crippen LogP contribution is 2.47. The van der Waals surface area contributed by atoms with Gasteiger partial charge in [0.2, 0.25) is 0 Å². The van der Waals surface area contributed by atoms with E-state index in [0.29, 0.717) is 0 Å². The molecule has 0 N–H and O–H groups in total. The summed E-state index contributed by atoms with van der Waals surface area (Å²) in [6.45, 7) is 0. The molecule has 10 aromatic rings. The van der Waals surface area contributed by atoms with E-state index in [9.17, 15) is 0 Å². The quantitative estimate of drug-likeness (QED) is 0.127. The second-order valence-corrected chi connectivity index (χ2v) is 12.5. The van der Waals surface area contributed by atoms with Crippen molar-refractivity contribution in [1.82, 2.24) is 13.4 Å². The van der Waals surface area contributed by atoms with Crippen molar-refractivity contribution in [2.24, 2.45) is 0 Å².